The van der Waals surface area contributed by atoms with Crippen LogP contribution in [0.3, 0.4) is 0 Å². The van der Waals surface area contributed by atoms with Crippen molar-refractivity contribution in [1.82, 2.24) is 20.1 Å². The Morgan fingerprint density at radius 2 is 1.32 bits per heavy atom. The number of imide groups is 2. The number of amides is 4. The van der Waals surface area contributed by atoms with Gasteiger partial charge in [0.05, 0.1) is 39.7 Å². The number of anilines is 1. The number of benzene rings is 4. The Morgan fingerprint density at radius 1 is 0.711 bits per heavy atom. The third kappa shape index (κ3) is 11.8. The van der Waals surface area contributed by atoms with Crippen LogP contribution in [0.4, 0.5) is 5.69 Å². The summed E-state index contributed by atoms with van der Waals surface area (Å²) >= 11 is 0.785. The molecule has 10 rings (SSSR count). The fourth-order valence-corrected chi connectivity index (χ4v) is 10.2. The minimum atomic E-state index is -4.73. The van der Waals surface area contributed by atoms with Gasteiger partial charge >= 0.3 is 69.2 Å². The number of hydrogen-bond donors (Lipinski definition) is 2. The molecule has 0 bridgehead atoms. The number of hydroxylamine groups is 4. The van der Waals surface area contributed by atoms with E-state index in [0.717, 1.165) is 39.5 Å². The molecule has 4 aromatic carbocycles. The first-order valence-corrected chi connectivity index (χ1v) is 26.1. The Bertz CT molecular complexity index is 3660. The molecule has 2 saturated heterocycles. The first kappa shape index (κ1) is 54.6. The molecule has 0 spiro atoms. The number of carbonyl (C=O) groups excluding carboxylic acids is 6. The topological polar surface area (TPSA) is 287 Å². The number of aromatic nitrogens is 3. The van der Waals surface area contributed by atoms with Crippen molar-refractivity contribution in [3.8, 4) is 5.75 Å². The quantitative estimate of drug-likeness (QED) is 0.0119. The van der Waals surface area contributed by atoms with Crippen LogP contribution < -0.4 is 70.8 Å². The molecule has 25 heteroatoms. The number of carbonyl (C=O) groups is 6. The van der Waals surface area contributed by atoms with Gasteiger partial charge in [0, 0.05) is 107 Å². The molecule has 76 heavy (non-hydrogen) atoms. The van der Waals surface area contributed by atoms with E-state index in [-0.39, 0.29) is 94.8 Å². The number of oxazole rings is 1. The summed E-state index contributed by atoms with van der Waals surface area (Å²) in [5, 5.41) is 18.1. The van der Waals surface area contributed by atoms with Crippen LogP contribution in [0.5, 0.6) is 5.75 Å². The third-order valence-corrected chi connectivity index (χ3v) is 14.3. The second-order valence-corrected chi connectivity index (χ2v) is 20.0. The normalized spacial score (nSPS) is 15.6. The molecule has 22 nitrogen and oxygen atoms in total. The number of unbranched alkanes of at least 4 members (excludes halogenated alkanes) is 4. The van der Waals surface area contributed by atoms with Crippen LogP contribution in [0, 0.1) is 0 Å². The minimum Gasteiger partial charge on any atom is -0.744 e. The van der Waals surface area contributed by atoms with Gasteiger partial charge in [0.2, 0.25) is 11.5 Å². The maximum absolute atomic E-state index is 12.5. The molecule has 3 aliphatic heterocycles. The number of H-pyrrole nitrogens is 2. The molecule has 3 aromatic heterocycles. The molecule has 0 aliphatic carbocycles. The smallest absolute Gasteiger partial charge is 0.744 e. The maximum Gasteiger partial charge on any atom is 1.00 e. The summed E-state index contributed by atoms with van der Waals surface area (Å²) in [5.74, 6) is -1.95. The molecular weight excluding hydrogens is 1060 g/mol. The van der Waals surface area contributed by atoms with E-state index in [4.69, 9.17) is 18.8 Å². The van der Waals surface area contributed by atoms with E-state index in [9.17, 15) is 47.0 Å². The van der Waals surface area contributed by atoms with E-state index >= 15 is 0 Å². The molecule has 7 aromatic rings. The van der Waals surface area contributed by atoms with E-state index in [1.807, 2.05) is 45.9 Å². The van der Waals surface area contributed by atoms with Gasteiger partial charge in [-0.15, -0.1) is 10.1 Å². The second-order valence-electron chi connectivity index (χ2n) is 17.9. The van der Waals surface area contributed by atoms with Crippen LogP contribution in [0.2, 0.25) is 0 Å². The van der Waals surface area contributed by atoms with Crippen LogP contribution in [-0.2, 0) is 64.5 Å². The zero-order chi connectivity index (χ0) is 52.4. The van der Waals surface area contributed by atoms with E-state index in [1.165, 1.54) is 12.1 Å². The van der Waals surface area contributed by atoms with Crippen molar-refractivity contribution in [3.05, 3.63) is 96.7 Å². The average Bonchev–Trinajstić information content (AvgIpc) is 4.26. The Morgan fingerprint density at radius 3 is 1.97 bits per heavy atom. The second kappa shape index (κ2) is 23.6. The average molecular weight is 1100 g/mol. The molecule has 0 unspecified atom stereocenters. The zero-order valence-corrected chi connectivity index (χ0v) is 45.5. The molecule has 0 radical (unpaired) electrons. The van der Waals surface area contributed by atoms with Crippen molar-refractivity contribution < 1.29 is 131 Å². The largest absolute Gasteiger partial charge is 1.00 e. The van der Waals surface area contributed by atoms with Crippen LogP contribution >= 0.6 is 12.0 Å². The summed E-state index contributed by atoms with van der Waals surface area (Å²) in [6.45, 7) is 0.915. The predicted molar refractivity (Wildman–Crippen MR) is 263 cm³/mol. The summed E-state index contributed by atoms with van der Waals surface area (Å²) in [4.78, 5) is 91.7. The molecule has 2 fully saturated rings. The third-order valence-electron chi connectivity index (χ3n) is 12.9. The van der Waals surface area contributed by atoms with E-state index in [1.54, 1.807) is 42.5 Å². The van der Waals surface area contributed by atoms with Gasteiger partial charge in [-0.25, -0.2) is 18.0 Å². The van der Waals surface area contributed by atoms with Crippen LogP contribution in [0.15, 0.2) is 105 Å². The molecular formula is C51H45KN6O16S2. The summed E-state index contributed by atoms with van der Waals surface area (Å²) < 4.78 is 55.2. The number of allylic oxidation sites excluding steroid dienone is 4. The fraction of sp³-hybridized carbons (Fsp3) is 0.275. The summed E-state index contributed by atoms with van der Waals surface area (Å²) in [6.07, 6.45) is 12.2. The zero-order valence-electron chi connectivity index (χ0n) is 40.7. The van der Waals surface area contributed by atoms with Gasteiger partial charge < -0.3 is 43.5 Å². The van der Waals surface area contributed by atoms with E-state index in [0.29, 0.717) is 117 Å². The Kier molecular flexibility index (Phi) is 16.9. The molecule has 0 atom stereocenters. The summed E-state index contributed by atoms with van der Waals surface area (Å²) in [7, 11) is -4.73. The van der Waals surface area contributed by atoms with Gasteiger partial charge in [0.25, 0.3) is 29.1 Å². The Labute approximate surface area is 478 Å². The molecule has 3 aliphatic rings. The number of ether oxygens (including phenoxy) is 1. The van der Waals surface area contributed by atoms with Gasteiger partial charge in [-0.05, 0) is 74.2 Å². The van der Waals surface area contributed by atoms with Crippen LogP contribution in [0.25, 0.3) is 60.8 Å². The molecule has 6 heterocycles. The van der Waals surface area contributed by atoms with Gasteiger partial charge in [0.1, 0.15) is 10.1 Å². The van der Waals surface area contributed by atoms with Crippen molar-refractivity contribution in [2.24, 2.45) is 0 Å². The number of rotatable bonds is 21. The first-order chi connectivity index (χ1) is 36.2. The van der Waals surface area contributed by atoms with Crippen molar-refractivity contribution in [3.63, 3.8) is 0 Å². The Hall–Kier alpha value is -6.23. The van der Waals surface area contributed by atoms with Gasteiger partial charge in [0.15, 0.2) is 12.3 Å². The van der Waals surface area contributed by atoms with Gasteiger partial charge in [-0.1, -0.05) is 24.6 Å². The van der Waals surface area contributed by atoms with Crippen molar-refractivity contribution in [2.75, 3.05) is 11.4 Å². The van der Waals surface area contributed by atoms with Crippen molar-refractivity contribution in [1.29, 1.82) is 0 Å². The number of aromatic amines is 2. The molecule has 0 saturated carbocycles. The molecule has 2 N–H and O–H groups in total. The van der Waals surface area contributed by atoms with Crippen molar-refractivity contribution in [2.45, 2.75) is 93.4 Å². The Balaban J connectivity index is 0.00000706. The predicted octanol–water partition coefficient (Wildman–Crippen LogP) is 3.77. The summed E-state index contributed by atoms with van der Waals surface area (Å²) in [5.41, 5.74) is 4.92. The van der Waals surface area contributed by atoms with E-state index < -0.39 is 45.7 Å². The fourth-order valence-electron chi connectivity index (χ4n) is 9.30. The monoisotopic (exact) mass is 1100 g/mol. The van der Waals surface area contributed by atoms with Crippen LogP contribution in [-0.4, -0.2) is 75.2 Å². The van der Waals surface area contributed by atoms with E-state index in [2.05, 4.69) is 19.3 Å². The van der Waals surface area contributed by atoms with Crippen molar-refractivity contribution >= 4 is 124 Å². The first-order valence-electron chi connectivity index (χ1n) is 24.0. The number of nitrogens with one attached hydrogen (secondary N) is 2. The van der Waals surface area contributed by atoms with Gasteiger partial charge in [-0.3, -0.25) is 24.2 Å². The summed E-state index contributed by atoms with van der Waals surface area (Å²) in [6, 6.07) is 17.2. The number of hydrogen-bond acceptors (Lipinski definition) is 18. The number of nitrogens with zero attached hydrogens (tertiary/aromatic N) is 4. The SMILES string of the molecule is O=C(CCCCCN1/C(=C/C=C/C=C/c2oc3cc4[nH]c5ccc(S(=O)(=O)[O-])cc5c4cc3[n+]2CCCCCC(=O)ON2C(=O)CCC2=O)Oc2cc3[nH]c4ccc(SOO[O-])cc4c3cc21)ON1C(=O)CCC1=O.[K+]. The molecule has 4 amide bonds. The standard InChI is InChI=1S/C51H46N6O16S2.K/c58-44-18-19-45(59)56(44)70-50(62)12-6-2-8-22-54-40-26-34-32-24-30(74-73-72-64)14-16-36(32)52-38(34)28-42(40)68-48(54)10-4-1-5-11-49-55(23-9-3-7-13-51(63)71-57-46(60)20-21-47(57)61)41-27-35-33-25-31(75(65,66)67)15-17-37(33)53-39(35)29-43(41)69-49;/h1,4-5,10-11,14-17,24-29,52-53H,2-3,6-9,12-13,18-23H2,(H-,64,65,66,67);/q;+1/p-1. The van der Waals surface area contributed by atoms with Gasteiger partial charge in [-0.2, -0.15) is 8.90 Å². The number of fused-ring (bicyclic) bond motifs is 8. The minimum absolute atomic E-state index is 0. The maximum atomic E-state index is 12.5. The number of aryl methyl sites for hydroxylation is 1. The van der Waals surface area contributed by atoms with Crippen LogP contribution in [0.1, 0.15) is 82.9 Å². The molecule has 388 valence electrons.